The molecule has 0 unspecified atom stereocenters. The number of hydrogen-bond acceptors (Lipinski definition) is 2. The summed E-state index contributed by atoms with van der Waals surface area (Å²) in [5.41, 5.74) is 0.610. The fraction of sp³-hybridized carbons (Fsp3) is 0.333. The van der Waals surface area contributed by atoms with E-state index in [2.05, 4.69) is 20.9 Å². The predicted octanol–water partition coefficient (Wildman–Crippen LogP) is 2.87. The molecule has 2 aromatic rings. The van der Waals surface area contributed by atoms with Crippen LogP contribution in [0.15, 0.2) is 28.9 Å². The molecule has 1 aromatic carbocycles. The first-order valence-electron chi connectivity index (χ1n) is 6.71. The SMILES string of the molecule is C[C@]1(C(=O)O)CCN(C(=O)c2c[nH]c3cccc(Br)c23)C1. The number of carboxylic acids is 1. The number of amides is 1. The highest BCUT2D eigenvalue weighted by Crippen LogP contribution is 2.33. The monoisotopic (exact) mass is 350 g/mol. The Morgan fingerprint density at radius 2 is 2.19 bits per heavy atom. The first-order valence-corrected chi connectivity index (χ1v) is 7.50. The molecule has 1 aromatic heterocycles. The van der Waals surface area contributed by atoms with Crippen LogP contribution in [0.4, 0.5) is 0 Å². The third-order valence-electron chi connectivity index (χ3n) is 4.16. The molecule has 0 saturated carbocycles. The molecular weight excluding hydrogens is 336 g/mol. The van der Waals surface area contributed by atoms with E-state index in [1.807, 2.05) is 18.2 Å². The van der Waals surface area contributed by atoms with Crippen molar-refractivity contribution in [1.29, 1.82) is 0 Å². The number of aliphatic carboxylic acids is 1. The molecule has 1 atom stereocenters. The Morgan fingerprint density at radius 1 is 1.43 bits per heavy atom. The van der Waals surface area contributed by atoms with Crippen LogP contribution in [0.1, 0.15) is 23.7 Å². The Kier molecular flexibility index (Phi) is 3.28. The quantitative estimate of drug-likeness (QED) is 0.874. The first-order chi connectivity index (χ1) is 9.92. The number of nitrogens with zero attached hydrogens (tertiary/aromatic N) is 1. The fourth-order valence-corrected chi connectivity index (χ4v) is 3.37. The number of carbonyl (C=O) groups is 2. The van der Waals surface area contributed by atoms with Crippen LogP contribution in [-0.2, 0) is 4.79 Å². The van der Waals surface area contributed by atoms with Crippen LogP contribution >= 0.6 is 15.9 Å². The topological polar surface area (TPSA) is 73.4 Å². The van der Waals surface area contributed by atoms with Gasteiger partial charge >= 0.3 is 5.97 Å². The summed E-state index contributed by atoms with van der Waals surface area (Å²) >= 11 is 3.46. The molecule has 110 valence electrons. The summed E-state index contributed by atoms with van der Waals surface area (Å²) < 4.78 is 0.852. The van der Waals surface area contributed by atoms with E-state index in [-0.39, 0.29) is 12.5 Å². The molecule has 1 fully saturated rings. The van der Waals surface area contributed by atoms with E-state index in [1.165, 1.54) is 0 Å². The Hall–Kier alpha value is -1.82. The second kappa shape index (κ2) is 4.87. The number of fused-ring (bicyclic) bond motifs is 1. The standard InChI is InChI=1S/C15H15BrN2O3/c1-15(14(20)21)5-6-18(8-15)13(19)9-7-17-11-4-2-3-10(16)12(9)11/h2-4,7,17H,5-6,8H2,1H3,(H,20,21)/t15-/m0/s1. The lowest BCUT2D eigenvalue weighted by Gasteiger charge is -2.20. The van der Waals surface area contributed by atoms with Crippen molar-refractivity contribution >= 4 is 38.7 Å². The molecule has 21 heavy (non-hydrogen) atoms. The summed E-state index contributed by atoms with van der Waals surface area (Å²) in [4.78, 5) is 28.7. The van der Waals surface area contributed by atoms with Gasteiger partial charge in [-0.15, -0.1) is 0 Å². The summed E-state index contributed by atoms with van der Waals surface area (Å²) in [6, 6.07) is 5.69. The average Bonchev–Trinajstić information content (AvgIpc) is 3.04. The second-order valence-electron chi connectivity index (χ2n) is 5.71. The third kappa shape index (κ3) is 2.23. The van der Waals surface area contributed by atoms with E-state index >= 15 is 0 Å². The Morgan fingerprint density at radius 3 is 2.86 bits per heavy atom. The van der Waals surface area contributed by atoms with Crippen molar-refractivity contribution in [2.75, 3.05) is 13.1 Å². The minimum atomic E-state index is -0.849. The summed E-state index contributed by atoms with van der Waals surface area (Å²) in [7, 11) is 0. The molecule has 5 nitrogen and oxygen atoms in total. The smallest absolute Gasteiger partial charge is 0.311 e. The zero-order valence-electron chi connectivity index (χ0n) is 11.5. The maximum absolute atomic E-state index is 12.7. The van der Waals surface area contributed by atoms with Crippen molar-refractivity contribution in [3.05, 3.63) is 34.4 Å². The molecule has 1 amide bonds. The number of rotatable bonds is 2. The molecule has 0 bridgehead atoms. The molecule has 1 aliphatic rings. The Bertz CT molecular complexity index is 740. The minimum Gasteiger partial charge on any atom is -0.481 e. The van der Waals surface area contributed by atoms with Gasteiger partial charge in [0.1, 0.15) is 0 Å². The number of H-pyrrole nitrogens is 1. The largest absolute Gasteiger partial charge is 0.481 e. The lowest BCUT2D eigenvalue weighted by atomic mass is 9.90. The van der Waals surface area contributed by atoms with Crippen molar-refractivity contribution in [2.24, 2.45) is 5.41 Å². The van der Waals surface area contributed by atoms with E-state index in [4.69, 9.17) is 0 Å². The fourth-order valence-electron chi connectivity index (χ4n) is 2.79. The van der Waals surface area contributed by atoms with Crippen molar-refractivity contribution in [3.8, 4) is 0 Å². The Labute approximate surface area is 130 Å². The minimum absolute atomic E-state index is 0.127. The van der Waals surface area contributed by atoms with Gasteiger partial charge in [0.05, 0.1) is 11.0 Å². The molecule has 2 heterocycles. The van der Waals surface area contributed by atoms with Gasteiger partial charge in [0, 0.05) is 34.7 Å². The first kappa shape index (κ1) is 14.1. The summed E-state index contributed by atoms with van der Waals surface area (Å²) in [5, 5.41) is 10.1. The van der Waals surface area contributed by atoms with Gasteiger partial charge in [0.2, 0.25) is 0 Å². The van der Waals surface area contributed by atoms with E-state index in [0.29, 0.717) is 18.5 Å². The second-order valence-corrected chi connectivity index (χ2v) is 6.56. The lowest BCUT2D eigenvalue weighted by molar-refractivity contribution is -0.147. The van der Waals surface area contributed by atoms with Crippen LogP contribution < -0.4 is 0 Å². The van der Waals surface area contributed by atoms with E-state index in [9.17, 15) is 14.7 Å². The highest BCUT2D eigenvalue weighted by Gasteiger charge is 2.42. The van der Waals surface area contributed by atoms with Crippen LogP contribution in [0, 0.1) is 5.41 Å². The third-order valence-corrected chi connectivity index (χ3v) is 4.82. The van der Waals surface area contributed by atoms with Gasteiger partial charge in [-0.2, -0.15) is 0 Å². The van der Waals surface area contributed by atoms with Crippen LogP contribution in [-0.4, -0.2) is 40.0 Å². The number of hydrogen-bond donors (Lipinski definition) is 2. The number of aromatic nitrogens is 1. The van der Waals surface area contributed by atoms with Gasteiger partial charge in [-0.3, -0.25) is 9.59 Å². The molecule has 2 N–H and O–H groups in total. The summed E-state index contributed by atoms with van der Waals surface area (Å²) in [6.45, 7) is 2.41. The normalized spacial score (nSPS) is 21.9. The highest BCUT2D eigenvalue weighted by atomic mass is 79.9. The number of aromatic amines is 1. The van der Waals surface area contributed by atoms with Gasteiger partial charge in [-0.1, -0.05) is 22.0 Å². The number of likely N-dealkylation sites (tertiary alicyclic amines) is 1. The van der Waals surface area contributed by atoms with Crippen molar-refractivity contribution in [3.63, 3.8) is 0 Å². The maximum Gasteiger partial charge on any atom is 0.311 e. The number of benzene rings is 1. The van der Waals surface area contributed by atoms with E-state index < -0.39 is 11.4 Å². The van der Waals surface area contributed by atoms with Crippen LogP contribution in [0.3, 0.4) is 0 Å². The van der Waals surface area contributed by atoms with E-state index in [0.717, 1.165) is 15.4 Å². The predicted molar refractivity (Wildman–Crippen MR) is 82.3 cm³/mol. The molecular formula is C15H15BrN2O3. The van der Waals surface area contributed by atoms with Crippen molar-refractivity contribution in [1.82, 2.24) is 9.88 Å². The molecule has 6 heteroatoms. The maximum atomic E-state index is 12.7. The van der Waals surface area contributed by atoms with Crippen LogP contribution in [0.2, 0.25) is 0 Å². The zero-order chi connectivity index (χ0) is 15.2. The molecule has 1 aliphatic heterocycles. The van der Waals surface area contributed by atoms with Gasteiger partial charge in [-0.05, 0) is 25.5 Å². The number of carboxylic acid groups (broad SMARTS) is 1. The van der Waals surface area contributed by atoms with Gasteiger partial charge < -0.3 is 15.0 Å². The van der Waals surface area contributed by atoms with Crippen molar-refractivity contribution < 1.29 is 14.7 Å². The van der Waals surface area contributed by atoms with E-state index in [1.54, 1.807) is 18.0 Å². The van der Waals surface area contributed by atoms with Gasteiger partial charge in [-0.25, -0.2) is 0 Å². The number of halogens is 1. The molecule has 0 aliphatic carbocycles. The molecule has 3 rings (SSSR count). The molecule has 1 saturated heterocycles. The van der Waals surface area contributed by atoms with Crippen molar-refractivity contribution in [2.45, 2.75) is 13.3 Å². The number of carbonyl (C=O) groups excluding carboxylic acids is 1. The highest BCUT2D eigenvalue weighted by molar-refractivity contribution is 9.10. The molecule has 0 radical (unpaired) electrons. The molecule has 0 spiro atoms. The summed E-state index contributed by atoms with van der Waals surface area (Å²) in [5.74, 6) is -0.976. The Balaban J connectivity index is 1.94. The summed E-state index contributed by atoms with van der Waals surface area (Å²) in [6.07, 6.45) is 2.17. The van der Waals surface area contributed by atoms with Gasteiger partial charge in [0.25, 0.3) is 5.91 Å². The van der Waals surface area contributed by atoms with Crippen LogP contribution in [0.5, 0.6) is 0 Å². The number of nitrogens with one attached hydrogen (secondary N) is 1. The van der Waals surface area contributed by atoms with Crippen LogP contribution in [0.25, 0.3) is 10.9 Å². The average molecular weight is 351 g/mol. The zero-order valence-corrected chi connectivity index (χ0v) is 13.1. The van der Waals surface area contributed by atoms with Gasteiger partial charge in [0.15, 0.2) is 0 Å². The lowest BCUT2D eigenvalue weighted by Crippen LogP contribution is -2.34.